The number of carbonyl (C=O) groups excluding carboxylic acids is 2. The Morgan fingerprint density at radius 2 is 1.31 bits per heavy atom. The minimum Gasteiger partial charge on any atom is -0.465 e. The van der Waals surface area contributed by atoms with Gasteiger partial charge in [0.1, 0.15) is 10.3 Å². The largest absolute Gasteiger partial charge is 0.465 e. The van der Waals surface area contributed by atoms with Crippen molar-refractivity contribution in [1.82, 2.24) is 9.97 Å². The van der Waals surface area contributed by atoms with Crippen LogP contribution in [0, 0.1) is 15.4 Å². The van der Waals surface area contributed by atoms with Gasteiger partial charge >= 0.3 is 11.9 Å². The zero-order valence-electron chi connectivity index (χ0n) is 26.6. The van der Waals surface area contributed by atoms with Crippen molar-refractivity contribution < 1.29 is 19.1 Å². The summed E-state index contributed by atoms with van der Waals surface area (Å²) in [5.41, 5.74) is 0. The molecule has 2 unspecified atom stereocenters. The van der Waals surface area contributed by atoms with Crippen molar-refractivity contribution in [2.24, 2.45) is 11.8 Å². The molecule has 0 bridgehead atoms. The normalized spacial score (nSPS) is 11.8. The fourth-order valence-electron chi connectivity index (χ4n) is 3.61. The lowest BCUT2D eigenvalue weighted by molar-refractivity contribution is -0.145. The number of esters is 2. The zero-order chi connectivity index (χ0) is 34.0. The lowest BCUT2D eigenvalue weighted by Gasteiger charge is -2.14. The van der Waals surface area contributed by atoms with Gasteiger partial charge in [0.2, 0.25) is 0 Å². The molecule has 0 aliphatic heterocycles. The number of thioether (sulfide) groups is 1. The van der Waals surface area contributed by atoms with Gasteiger partial charge in [0.25, 0.3) is 0 Å². The van der Waals surface area contributed by atoms with E-state index >= 15 is 0 Å². The van der Waals surface area contributed by atoms with Gasteiger partial charge in [-0.1, -0.05) is 113 Å². The molecule has 2 atom stereocenters. The van der Waals surface area contributed by atoms with Crippen LogP contribution in [0.3, 0.4) is 0 Å². The van der Waals surface area contributed by atoms with E-state index in [-0.39, 0.29) is 17.1 Å². The van der Waals surface area contributed by atoms with Crippen molar-refractivity contribution in [3.05, 3.63) is 48.4 Å². The highest BCUT2D eigenvalue weighted by Gasteiger charge is 2.12. The average molecular weight is 857 g/mol. The van der Waals surface area contributed by atoms with E-state index < -0.39 is 0 Å². The first-order chi connectivity index (χ1) is 21.5. The molecule has 2 rings (SSSR count). The molecule has 0 spiro atoms. The number of ether oxygens (including phenoxy) is 2. The standard InChI is InChI=1S/C16H23Cl2NO2S.C11H22O2S.C5H2Cl2IN/c1-3-5-6-12(4-2)11-21-14(20)8-10-22-13-7-9-19-16(18)15(13)17;1-3-5-6-10(4-2)9-13-11(12)7-8-14;6-4-3(8)1-2-9-5(4)7/h7,9,12H,3-6,8,10-11H2,1-2H3;10,14H,3-9H2,1-2H3;1-2H. The molecule has 45 heavy (non-hydrogen) atoms. The summed E-state index contributed by atoms with van der Waals surface area (Å²) in [6, 6.07) is 3.59. The number of pyridine rings is 2. The second-order valence-electron chi connectivity index (χ2n) is 10.1. The van der Waals surface area contributed by atoms with E-state index in [4.69, 9.17) is 55.9 Å². The maximum Gasteiger partial charge on any atom is 0.306 e. The third-order valence-electron chi connectivity index (χ3n) is 6.54. The average Bonchev–Trinajstić information content (AvgIpc) is 3.03. The fraction of sp³-hybridized carbons (Fsp3) is 0.625. The molecule has 0 aliphatic carbocycles. The van der Waals surface area contributed by atoms with Crippen LogP contribution >= 0.6 is 93.4 Å². The van der Waals surface area contributed by atoms with Crippen molar-refractivity contribution in [3.63, 3.8) is 0 Å². The SMILES string of the molecule is CCCCC(CC)COC(=O)CCS.CCCCC(CC)COC(=O)CCSc1ccnc(Cl)c1Cl.Clc1nccc(I)c1Cl. The van der Waals surface area contributed by atoms with Crippen LogP contribution in [0.1, 0.15) is 91.9 Å². The Balaban J connectivity index is 0.000000715. The lowest BCUT2D eigenvalue weighted by Crippen LogP contribution is -2.14. The molecule has 13 heteroatoms. The number of nitrogens with zero attached hydrogens (tertiary/aromatic N) is 2. The zero-order valence-corrected chi connectivity index (χ0v) is 33.5. The van der Waals surface area contributed by atoms with Crippen LogP contribution in [-0.2, 0) is 19.1 Å². The third kappa shape index (κ3) is 22.2. The number of hydrogen-bond acceptors (Lipinski definition) is 8. The van der Waals surface area contributed by atoms with Gasteiger partial charge in [-0.3, -0.25) is 9.59 Å². The van der Waals surface area contributed by atoms with E-state index in [1.807, 2.05) is 0 Å². The van der Waals surface area contributed by atoms with Crippen LogP contribution in [0.4, 0.5) is 0 Å². The van der Waals surface area contributed by atoms with E-state index in [1.54, 1.807) is 24.5 Å². The van der Waals surface area contributed by atoms with Crippen molar-refractivity contribution in [2.45, 2.75) is 96.8 Å². The predicted octanol–water partition coefficient (Wildman–Crippen LogP) is 11.7. The van der Waals surface area contributed by atoms with Crippen molar-refractivity contribution in [3.8, 4) is 0 Å². The van der Waals surface area contributed by atoms with Crippen molar-refractivity contribution >= 4 is 105 Å². The molecule has 6 nitrogen and oxygen atoms in total. The van der Waals surface area contributed by atoms with E-state index in [9.17, 15) is 9.59 Å². The molecule has 0 aliphatic rings. The Morgan fingerprint density at radius 3 is 1.76 bits per heavy atom. The van der Waals surface area contributed by atoms with E-state index in [0.29, 0.717) is 64.6 Å². The highest BCUT2D eigenvalue weighted by atomic mass is 127. The Kier molecular flexibility index (Phi) is 28.7. The minimum absolute atomic E-state index is 0.116. The van der Waals surface area contributed by atoms with Gasteiger partial charge in [-0.2, -0.15) is 12.6 Å². The van der Waals surface area contributed by atoms with Gasteiger partial charge in [0, 0.05) is 32.4 Å². The highest BCUT2D eigenvalue weighted by Crippen LogP contribution is 2.31. The van der Waals surface area contributed by atoms with Crippen molar-refractivity contribution in [1.29, 1.82) is 0 Å². The summed E-state index contributed by atoms with van der Waals surface area (Å²) < 4.78 is 11.4. The fourth-order valence-corrected chi connectivity index (χ4v) is 5.99. The molecule has 0 fully saturated rings. The van der Waals surface area contributed by atoms with Crippen LogP contribution in [0.25, 0.3) is 0 Å². The van der Waals surface area contributed by atoms with Gasteiger partial charge in [-0.05, 0) is 59.4 Å². The smallest absolute Gasteiger partial charge is 0.306 e. The molecule has 2 aromatic heterocycles. The molecule has 256 valence electrons. The molecule has 0 saturated heterocycles. The molecule has 0 amide bonds. The summed E-state index contributed by atoms with van der Waals surface area (Å²) in [6.45, 7) is 9.75. The van der Waals surface area contributed by atoms with Gasteiger partial charge in [-0.25, -0.2) is 9.97 Å². The number of halogens is 5. The molecule has 2 aromatic rings. The Hall–Kier alpha value is -0.170. The highest BCUT2D eigenvalue weighted by molar-refractivity contribution is 14.1. The number of carbonyl (C=O) groups is 2. The summed E-state index contributed by atoms with van der Waals surface area (Å²) in [5.74, 6) is 1.94. The molecular weight excluding hydrogens is 809 g/mol. The first-order valence-corrected chi connectivity index (χ1v) is 19.5. The van der Waals surface area contributed by atoms with E-state index in [0.717, 1.165) is 27.7 Å². The summed E-state index contributed by atoms with van der Waals surface area (Å²) in [4.78, 5) is 31.3. The first-order valence-electron chi connectivity index (χ1n) is 15.3. The summed E-state index contributed by atoms with van der Waals surface area (Å²) in [6.07, 6.45) is 13.2. The number of rotatable bonds is 18. The second-order valence-corrected chi connectivity index (χ2v) is 14.3. The van der Waals surface area contributed by atoms with Crippen LogP contribution in [0.15, 0.2) is 29.4 Å². The monoisotopic (exact) mass is 854 g/mol. The van der Waals surface area contributed by atoms with Gasteiger partial charge in [0.15, 0.2) is 0 Å². The minimum atomic E-state index is -0.154. The number of thiol groups is 1. The van der Waals surface area contributed by atoms with Crippen LogP contribution in [0.5, 0.6) is 0 Å². The Labute approximate surface area is 313 Å². The van der Waals surface area contributed by atoms with Crippen molar-refractivity contribution in [2.75, 3.05) is 24.7 Å². The topological polar surface area (TPSA) is 78.4 Å². The first kappa shape index (κ1) is 44.8. The van der Waals surface area contributed by atoms with Crippen LogP contribution < -0.4 is 0 Å². The van der Waals surface area contributed by atoms with Gasteiger partial charge < -0.3 is 9.47 Å². The Bertz CT molecular complexity index is 1080. The summed E-state index contributed by atoms with van der Waals surface area (Å²) >= 11 is 30.7. The van der Waals surface area contributed by atoms with Gasteiger partial charge in [-0.15, -0.1) is 11.8 Å². The molecular formula is C32H47Cl4IN2O4S2. The van der Waals surface area contributed by atoms with Crippen LogP contribution in [0.2, 0.25) is 20.4 Å². The lowest BCUT2D eigenvalue weighted by atomic mass is 10.0. The summed E-state index contributed by atoms with van der Waals surface area (Å²) in [7, 11) is 0. The Morgan fingerprint density at radius 1 is 0.822 bits per heavy atom. The molecule has 0 N–H and O–H groups in total. The predicted molar refractivity (Wildman–Crippen MR) is 204 cm³/mol. The quantitative estimate of drug-likeness (QED) is 0.0526. The third-order valence-corrected chi connectivity index (χ3v) is 10.7. The maximum atomic E-state index is 11.8. The van der Waals surface area contributed by atoms with E-state index in [1.165, 1.54) is 43.9 Å². The number of hydrogen-bond donors (Lipinski definition) is 1. The molecule has 0 saturated carbocycles. The second kappa shape index (κ2) is 28.8. The molecule has 2 heterocycles. The molecule has 0 radical (unpaired) electrons. The number of aromatic nitrogens is 2. The van der Waals surface area contributed by atoms with Crippen LogP contribution in [-0.4, -0.2) is 46.6 Å². The maximum absolute atomic E-state index is 11.8. The number of unbranched alkanes of at least 4 members (excludes halogenated alkanes) is 2. The van der Waals surface area contributed by atoms with E-state index in [2.05, 4.69) is 72.9 Å². The molecule has 0 aromatic carbocycles. The summed E-state index contributed by atoms with van der Waals surface area (Å²) in [5, 5.41) is 1.62. The van der Waals surface area contributed by atoms with Gasteiger partial charge in [0.05, 0.1) is 36.1 Å².